The minimum Gasteiger partial charge on any atom is -0.484 e. The molecule has 0 fully saturated rings. The molecule has 0 spiro atoms. The van der Waals surface area contributed by atoms with Crippen molar-refractivity contribution in [2.24, 2.45) is 0 Å². The van der Waals surface area contributed by atoms with Crippen LogP contribution in [0.3, 0.4) is 0 Å². The number of aryl methyl sites for hydroxylation is 1. The molecule has 0 aliphatic rings. The van der Waals surface area contributed by atoms with E-state index < -0.39 is 0 Å². The average Bonchev–Trinajstić information content (AvgIpc) is 2.92. The molecule has 5 nitrogen and oxygen atoms in total. The maximum atomic E-state index is 6.23. The van der Waals surface area contributed by atoms with Crippen molar-refractivity contribution in [3.8, 4) is 5.75 Å². The Labute approximate surface area is 129 Å². The van der Waals surface area contributed by atoms with Gasteiger partial charge in [0.2, 0.25) is 11.7 Å². The van der Waals surface area contributed by atoms with Gasteiger partial charge in [-0.3, -0.25) is 0 Å². The molecule has 6 heteroatoms. The Hall–Kier alpha value is -1.59. The van der Waals surface area contributed by atoms with Gasteiger partial charge in [0, 0.05) is 24.6 Å². The summed E-state index contributed by atoms with van der Waals surface area (Å²) in [5.74, 6) is 1.79. The second-order valence-electron chi connectivity index (χ2n) is 5.01. The van der Waals surface area contributed by atoms with Gasteiger partial charge in [0.15, 0.2) is 6.61 Å². The van der Waals surface area contributed by atoms with Gasteiger partial charge in [-0.05, 0) is 6.07 Å². The van der Waals surface area contributed by atoms with Crippen LogP contribution >= 0.6 is 11.6 Å². The number of hydrogen-bond acceptors (Lipinski definition) is 5. The van der Waals surface area contributed by atoms with E-state index in [1.165, 1.54) is 0 Å². The van der Waals surface area contributed by atoms with Crippen LogP contribution in [-0.2, 0) is 19.6 Å². The molecular formula is C15H20ClN3O2. The lowest BCUT2D eigenvalue weighted by molar-refractivity contribution is 0.282. The van der Waals surface area contributed by atoms with Crippen molar-refractivity contribution in [2.75, 3.05) is 0 Å². The summed E-state index contributed by atoms with van der Waals surface area (Å²) in [6.45, 7) is 7.08. The third-order valence-electron chi connectivity index (χ3n) is 2.91. The Morgan fingerprint density at radius 2 is 2.19 bits per heavy atom. The third kappa shape index (κ3) is 4.44. The Kier molecular flexibility index (Phi) is 5.59. The van der Waals surface area contributed by atoms with E-state index in [-0.39, 0.29) is 6.61 Å². The smallest absolute Gasteiger partial charge is 0.226 e. The molecule has 0 radical (unpaired) electrons. The minimum atomic E-state index is 0.238. The predicted octanol–water partition coefficient (Wildman–Crippen LogP) is 3.36. The molecule has 0 saturated heterocycles. The minimum absolute atomic E-state index is 0.238. The van der Waals surface area contributed by atoms with Gasteiger partial charge in [0.25, 0.3) is 0 Å². The van der Waals surface area contributed by atoms with Crippen LogP contribution < -0.4 is 10.1 Å². The summed E-state index contributed by atoms with van der Waals surface area (Å²) in [7, 11) is 0. The van der Waals surface area contributed by atoms with Crippen LogP contribution in [0.2, 0.25) is 5.02 Å². The summed E-state index contributed by atoms with van der Waals surface area (Å²) in [6.07, 6.45) is 0.711. The van der Waals surface area contributed by atoms with E-state index in [9.17, 15) is 0 Å². The van der Waals surface area contributed by atoms with E-state index >= 15 is 0 Å². The normalized spacial score (nSPS) is 11.1. The highest BCUT2D eigenvalue weighted by Crippen LogP contribution is 2.29. The van der Waals surface area contributed by atoms with Gasteiger partial charge in [-0.15, -0.1) is 0 Å². The van der Waals surface area contributed by atoms with Gasteiger partial charge in [-0.25, -0.2) is 0 Å². The molecule has 0 aliphatic carbocycles. The first kappa shape index (κ1) is 15.8. The topological polar surface area (TPSA) is 60.2 Å². The van der Waals surface area contributed by atoms with Gasteiger partial charge in [-0.2, -0.15) is 4.98 Å². The van der Waals surface area contributed by atoms with E-state index in [1.54, 1.807) is 0 Å². The first-order valence-corrected chi connectivity index (χ1v) is 7.43. The Morgan fingerprint density at radius 1 is 1.38 bits per heavy atom. The molecule has 1 aromatic carbocycles. The zero-order chi connectivity index (χ0) is 15.2. The number of halogens is 1. The summed E-state index contributed by atoms with van der Waals surface area (Å²) < 4.78 is 10.8. The maximum Gasteiger partial charge on any atom is 0.226 e. The summed E-state index contributed by atoms with van der Waals surface area (Å²) in [4.78, 5) is 4.22. The number of nitrogens with zero attached hydrogens (tertiary/aromatic N) is 2. The SMILES string of the molecule is CCc1nc(COc2c(Cl)cccc2CNC(C)C)no1. The fraction of sp³-hybridized carbons (Fsp3) is 0.467. The van der Waals surface area contributed by atoms with Gasteiger partial charge in [-0.1, -0.05) is 49.7 Å². The molecule has 0 aliphatic heterocycles. The van der Waals surface area contributed by atoms with Crippen LogP contribution in [0.25, 0.3) is 0 Å². The molecule has 2 rings (SSSR count). The molecule has 2 aromatic rings. The number of benzene rings is 1. The molecule has 1 N–H and O–H groups in total. The van der Waals surface area contributed by atoms with Crippen LogP contribution in [0.5, 0.6) is 5.75 Å². The van der Waals surface area contributed by atoms with Gasteiger partial charge in [0.05, 0.1) is 5.02 Å². The second-order valence-corrected chi connectivity index (χ2v) is 5.42. The number of ether oxygens (including phenoxy) is 1. The van der Waals surface area contributed by atoms with Crippen molar-refractivity contribution >= 4 is 11.6 Å². The molecule has 0 amide bonds. The van der Waals surface area contributed by atoms with E-state index in [0.29, 0.717) is 41.5 Å². The fourth-order valence-electron chi connectivity index (χ4n) is 1.80. The molecule has 21 heavy (non-hydrogen) atoms. The van der Waals surface area contributed by atoms with E-state index in [1.807, 2.05) is 25.1 Å². The highest BCUT2D eigenvalue weighted by atomic mass is 35.5. The van der Waals surface area contributed by atoms with Crippen LogP contribution in [0.1, 0.15) is 38.0 Å². The molecule has 0 atom stereocenters. The summed E-state index contributed by atoms with van der Waals surface area (Å²) >= 11 is 6.23. The van der Waals surface area contributed by atoms with Crippen molar-refractivity contribution in [1.29, 1.82) is 0 Å². The standard InChI is InChI=1S/C15H20ClN3O2/c1-4-14-18-13(19-21-14)9-20-15-11(8-17-10(2)3)6-5-7-12(15)16/h5-7,10,17H,4,8-9H2,1-3H3. The summed E-state index contributed by atoms with van der Waals surface area (Å²) in [5, 5.41) is 7.80. The van der Waals surface area contributed by atoms with E-state index in [2.05, 4.69) is 29.3 Å². The number of hydrogen-bond donors (Lipinski definition) is 1. The molecular weight excluding hydrogens is 290 g/mol. The number of rotatable bonds is 7. The zero-order valence-corrected chi connectivity index (χ0v) is 13.3. The molecule has 1 aromatic heterocycles. The lowest BCUT2D eigenvalue weighted by Gasteiger charge is -2.14. The second kappa shape index (κ2) is 7.43. The summed E-state index contributed by atoms with van der Waals surface area (Å²) in [5.41, 5.74) is 1.01. The Balaban J connectivity index is 2.07. The van der Waals surface area contributed by atoms with Crippen molar-refractivity contribution < 1.29 is 9.26 Å². The molecule has 114 valence electrons. The highest BCUT2D eigenvalue weighted by Gasteiger charge is 2.11. The quantitative estimate of drug-likeness (QED) is 0.849. The van der Waals surface area contributed by atoms with Crippen LogP contribution in [0.4, 0.5) is 0 Å². The number of nitrogens with one attached hydrogen (secondary N) is 1. The first-order valence-electron chi connectivity index (χ1n) is 7.05. The van der Waals surface area contributed by atoms with Gasteiger partial charge in [0.1, 0.15) is 5.75 Å². The van der Waals surface area contributed by atoms with Gasteiger partial charge < -0.3 is 14.6 Å². The van der Waals surface area contributed by atoms with Crippen molar-refractivity contribution in [3.05, 3.63) is 40.5 Å². The van der Waals surface area contributed by atoms with Crippen molar-refractivity contribution in [2.45, 2.75) is 46.4 Å². The maximum absolute atomic E-state index is 6.23. The van der Waals surface area contributed by atoms with Crippen LogP contribution in [-0.4, -0.2) is 16.2 Å². The van der Waals surface area contributed by atoms with E-state index in [4.69, 9.17) is 20.9 Å². The highest BCUT2D eigenvalue weighted by molar-refractivity contribution is 6.32. The fourth-order valence-corrected chi connectivity index (χ4v) is 2.05. The molecule has 0 bridgehead atoms. The van der Waals surface area contributed by atoms with E-state index in [0.717, 1.165) is 5.56 Å². The average molecular weight is 310 g/mol. The molecule has 0 unspecified atom stereocenters. The van der Waals surface area contributed by atoms with Crippen LogP contribution in [0, 0.1) is 0 Å². The Bertz CT molecular complexity index is 584. The van der Waals surface area contributed by atoms with Gasteiger partial charge >= 0.3 is 0 Å². The lowest BCUT2D eigenvalue weighted by Crippen LogP contribution is -2.22. The summed E-state index contributed by atoms with van der Waals surface area (Å²) in [6, 6.07) is 6.10. The number of aromatic nitrogens is 2. The molecule has 1 heterocycles. The monoisotopic (exact) mass is 309 g/mol. The lowest BCUT2D eigenvalue weighted by atomic mass is 10.2. The number of para-hydroxylation sites is 1. The van der Waals surface area contributed by atoms with Crippen molar-refractivity contribution in [1.82, 2.24) is 15.5 Å². The van der Waals surface area contributed by atoms with Crippen molar-refractivity contribution in [3.63, 3.8) is 0 Å². The first-order chi connectivity index (χ1) is 10.1. The Morgan fingerprint density at radius 3 is 2.86 bits per heavy atom. The predicted molar refractivity (Wildman–Crippen MR) is 81.4 cm³/mol. The molecule has 0 saturated carbocycles. The van der Waals surface area contributed by atoms with Crippen LogP contribution in [0.15, 0.2) is 22.7 Å². The third-order valence-corrected chi connectivity index (χ3v) is 3.21. The zero-order valence-electron chi connectivity index (χ0n) is 12.5. The largest absolute Gasteiger partial charge is 0.484 e.